The van der Waals surface area contributed by atoms with E-state index in [0.29, 0.717) is 18.3 Å². The topological polar surface area (TPSA) is 72.5 Å². The Kier molecular flexibility index (Phi) is 5.62. The number of hydrogen-bond donors (Lipinski definition) is 1. The molecule has 0 radical (unpaired) electrons. The highest BCUT2D eigenvalue weighted by molar-refractivity contribution is 7.89. The fourth-order valence-electron chi connectivity index (χ4n) is 2.70. The molecule has 5 nitrogen and oxygen atoms in total. The summed E-state index contributed by atoms with van der Waals surface area (Å²) in [6.07, 6.45) is 5.43. The van der Waals surface area contributed by atoms with Crippen LogP contribution in [0.15, 0.2) is 18.2 Å². The molecular formula is C16H22FNO4S. The molecular weight excluding hydrogens is 321 g/mol. The van der Waals surface area contributed by atoms with Gasteiger partial charge in [-0.3, -0.25) is 4.79 Å². The molecule has 0 unspecified atom stereocenters. The molecule has 1 N–H and O–H groups in total. The van der Waals surface area contributed by atoms with Gasteiger partial charge in [-0.05, 0) is 36.8 Å². The van der Waals surface area contributed by atoms with Crippen LogP contribution in [0.25, 0.3) is 0 Å². The third-order valence-electron chi connectivity index (χ3n) is 4.08. The first-order valence-electron chi connectivity index (χ1n) is 7.69. The maximum atomic E-state index is 14.0. The molecule has 0 saturated heterocycles. The van der Waals surface area contributed by atoms with E-state index >= 15 is 0 Å². The molecule has 0 aliphatic heterocycles. The first-order valence-corrected chi connectivity index (χ1v) is 9.58. The molecule has 1 amide bonds. The van der Waals surface area contributed by atoms with Crippen LogP contribution in [0.5, 0.6) is 5.75 Å². The molecule has 7 heteroatoms. The van der Waals surface area contributed by atoms with Gasteiger partial charge in [-0.15, -0.1) is 0 Å². The Hall–Kier alpha value is -1.63. The Balaban J connectivity index is 1.95. The molecule has 1 aliphatic rings. The standard InChI is InChI=1S/C16H22FNO4S/c1-11-3-5-12(6-4-11)10-22-13-7-8-14(15(17)9-13)16(19)18-23(2,20)21/h7-9,11-12H,3-6,10H2,1-2H3,(H,18,19)/t11-,12-. The number of amides is 1. The molecule has 1 saturated carbocycles. The van der Waals surface area contributed by atoms with Crippen LogP contribution in [0.3, 0.4) is 0 Å². The Morgan fingerprint density at radius 3 is 2.52 bits per heavy atom. The van der Waals surface area contributed by atoms with Crippen LogP contribution < -0.4 is 9.46 Å². The first-order chi connectivity index (χ1) is 10.7. The molecule has 1 aromatic carbocycles. The minimum absolute atomic E-state index is 0.325. The van der Waals surface area contributed by atoms with Gasteiger partial charge in [-0.2, -0.15) is 0 Å². The summed E-state index contributed by atoms with van der Waals surface area (Å²) < 4.78 is 43.3. The summed E-state index contributed by atoms with van der Waals surface area (Å²) in [7, 11) is -3.73. The Bertz CT molecular complexity index is 667. The summed E-state index contributed by atoms with van der Waals surface area (Å²) in [5, 5.41) is 0. The van der Waals surface area contributed by atoms with Crippen molar-refractivity contribution >= 4 is 15.9 Å². The van der Waals surface area contributed by atoms with Crippen LogP contribution in [-0.4, -0.2) is 27.2 Å². The van der Waals surface area contributed by atoms with Crippen LogP contribution in [0.1, 0.15) is 43.0 Å². The van der Waals surface area contributed by atoms with Crippen molar-refractivity contribution in [3.63, 3.8) is 0 Å². The number of rotatable bonds is 5. The largest absolute Gasteiger partial charge is 0.493 e. The molecule has 1 aromatic rings. The second-order valence-corrected chi connectivity index (χ2v) is 8.03. The third-order valence-corrected chi connectivity index (χ3v) is 4.64. The van der Waals surface area contributed by atoms with E-state index in [9.17, 15) is 17.6 Å². The zero-order valence-corrected chi connectivity index (χ0v) is 14.2. The van der Waals surface area contributed by atoms with Gasteiger partial charge in [0.2, 0.25) is 10.0 Å². The lowest BCUT2D eigenvalue weighted by Gasteiger charge is -2.26. The van der Waals surface area contributed by atoms with Gasteiger partial charge < -0.3 is 4.74 Å². The van der Waals surface area contributed by atoms with Crippen molar-refractivity contribution < 1.29 is 22.3 Å². The van der Waals surface area contributed by atoms with Crippen molar-refractivity contribution in [2.75, 3.05) is 12.9 Å². The smallest absolute Gasteiger partial charge is 0.267 e. The number of carbonyl (C=O) groups excluding carboxylic acids is 1. The van der Waals surface area contributed by atoms with Crippen molar-refractivity contribution in [2.24, 2.45) is 11.8 Å². The van der Waals surface area contributed by atoms with Crippen molar-refractivity contribution in [2.45, 2.75) is 32.6 Å². The lowest BCUT2D eigenvalue weighted by Crippen LogP contribution is -2.30. The second kappa shape index (κ2) is 7.29. The van der Waals surface area contributed by atoms with Crippen molar-refractivity contribution in [3.8, 4) is 5.75 Å². The summed E-state index contributed by atoms with van der Waals surface area (Å²) in [6.45, 7) is 2.77. The molecule has 2 rings (SSSR count). The zero-order chi connectivity index (χ0) is 17.0. The first kappa shape index (κ1) is 17.7. The van der Waals surface area contributed by atoms with Gasteiger partial charge in [0.15, 0.2) is 0 Å². The van der Waals surface area contributed by atoms with Crippen LogP contribution in [0.2, 0.25) is 0 Å². The average molecular weight is 343 g/mol. The molecule has 1 aliphatic carbocycles. The van der Waals surface area contributed by atoms with E-state index in [-0.39, 0.29) is 5.56 Å². The second-order valence-electron chi connectivity index (χ2n) is 6.28. The molecule has 0 bridgehead atoms. The third kappa shape index (κ3) is 5.49. The number of nitrogens with one attached hydrogen (secondary N) is 1. The molecule has 23 heavy (non-hydrogen) atoms. The summed E-state index contributed by atoms with van der Waals surface area (Å²) >= 11 is 0. The SMILES string of the molecule is CS(=O)(=O)NC(=O)c1ccc(OC[C@H]2CC[C@H](C)CC2)cc1F. The fourth-order valence-corrected chi connectivity index (χ4v) is 3.15. The number of sulfonamides is 1. The highest BCUT2D eigenvalue weighted by Crippen LogP contribution is 2.29. The lowest BCUT2D eigenvalue weighted by molar-refractivity contribution is 0.0977. The Morgan fingerprint density at radius 1 is 1.30 bits per heavy atom. The molecule has 0 aromatic heterocycles. The van der Waals surface area contributed by atoms with E-state index < -0.39 is 21.7 Å². The predicted molar refractivity (Wildman–Crippen MR) is 85.3 cm³/mol. The van der Waals surface area contributed by atoms with Crippen LogP contribution >= 0.6 is 0 Å². The van der Waals surface area contributed by atoms with E-state index in [1.54, 1.807) is 4.72 Å². The van der Waals surface area contributed by atoms with Crippen molar-refractivity contribution in [3.05, 3.63) is 29.6 Å². The van der Waals surface area contributed by atoms with Crippen molar-refractivity contribution in [1.29, 1.82) is 0 Å². The van der Waals surface area contributed by atoms with E-state index in [2.05, 4.69) is 6.92 Å². The van der Waals surface area contributed by atoms with Gasteiger partial charge in [-0.1, -0.05) is 19.8 Å². The van der Waals surface area contributed by atoms with Gasteiger partial charge >= 0.3 is 0 Å². The predicted octanol–water partition coefficient (Wildman–Crippen LogP) is 2.72. The number of benzene rings is 1. The molecule has 0 atom stereocenters. The summed E-state index contributed by atoms with van der Waals surface area (Å²) in [5.74, 6) is -0.213. The molecule has 0 spiro atoms. The van der Waals surface area contributed by atoms with Gasteiger partial charge in [-0.25, -0.2) is 17.5 Å². The zero-order valence-electron chi connectivity index (χ0n) is 13.3. The van der Waals surface area contributed by atoms with E-state index in [1.807, 2.05) is 0 Å². The monoisotopic (exact) mass is 343 g/mol. The molecule has 0 heterocycles. The van der Waals surface area contributed by atoms with Gasteiger partial charge in [0, 0.05) is 6.07 Å². The maximum absolute atomic E-state index is 14.0. The summed E-state index contributed by atoms with van der Waals surface area (Å²) in [6, 6.07) is 3.82. The van der Waals surface area contributed by atoms with Crippen LogP contribution in [0.4, 0.5) is 4.39 Å². The van der Waals surface area contributed by atoms with Crippen molar-refractivity contribution in [1.82, 2.24) is 4.72 Å². The number of halogens is 1. The highest BCUT2D eigenvalue weighted by Gasteiger charge is 2.20. The average Bonchev–Trinajstić information content (AvgIpc) is 2.45. The Morgan fingerprint density at radius 2 is 1.96 bits per heavy atom. The maximum Gasteiger partial charge on any atom is 0.267 e. The van der Waals surface area contributed by atoms with Crippen LogP contribution in [-0.2, 0) is 10.0 Å². The fraction of sp³-hybridized carbons (Fsp3) is 0.562. The number of ether oxygens (including phenoxy) is 1. The minimum Gasteiger partial charge on any atom is -0.493 e. The van der Waals surface area contributed by atoms with E-state index in [0.717, 1.165) is 31.1 Å². The molecule has 1 fully saturated rings. The van der Waals surface area contributed by atoms with E-state index in [4.69, 9.17) is 4.74 Å². The summed E-state index contributed by atoms with van der Waals surface area (Å²) in [4.78, 5) is 11.7. The quantitative estimate of drug-likeness (QED) is 0.892. The normalized spacial score (nSPS) is 21.7. The van der Waals surface area contributed by atoms with Gasteiger partial charge in [0.1, 0.15) is 11.6 Å². The van der Waals surface area contributed by atoms with Gasteiger partial charge in [0.25, 0.3) is 5.91 Å². The number of carbonyl (C=O) groups is 1. The van der Waals surface area contributed by atoms with Crippen LogP contribution in [0, 0.1) is 17.7 Å². The minimum atomic E-state index is -3.73. The Labute approximate surface area is 136 Å². The number of hydrogen-bond acceptors (Lipinski definition) is 4. The highest BCUT2D eigenvalue weighted by atomic mass is 32.2. The lowest BCUT2D eigenvalue weighted by atomic mass is 9.83. The molecule has 128 valence electrons. The van der Waals surface area contributed by atoms with E-state index in [1.165, 1.54) is 25.0 Å². The van der Waals surface area contributed by atoms with Gasteiger partial charge in [0.05, 0.1) is 18.4 Å². The summed E-state index contributed by atoms with van der Waals surface area (Å²) in [5.41, 5.74) is -0.325.